The predicted molar refractivity (Wildman–Crippen MR) is 139 cm³/mol. The summed E-state index contributed by atoms with van der Waals surface area (Å²) in [6.07, 6.45) is 4.59. The van der Waals surface area contributed by atoms with Gasteiger partial charge in [0, 0.05) is 32.2 Å². The van der Waals surface area contributed by atoms with Crippen molar-refractivity contribution in [2.45, 2.75) is 25.2 Å². The number of methoxy groups -OCH3 is 2. The van der Waals surface area contributed by atoms with Gasteiger partial charge in [-0.25, -0.2) is 9.97 Å². The summed E-state index contributed by atoms with van der Waals surface area (Å²) in [6.45, 7) is 4.44. The first-order valence-corrected chi connectivity index (χ1v) is 12.4. The highest BCUT2D eigenvalue weighted by Crippen LogP contribution is 2.38. The van der Waals surface area contributed by atoms with E-state index in [0.717, 1.165) is 0 Å². The quantitative estimate of drug-likeness (QED) is 0.280. The van der Waals surface area contributed by atoms with Gasteiger partial charge in [-0.3, -0.25) is 14.0 Å². The van der Waals surface area contributed by atoms with Crippen LogP contribution in [0.25, 0.3) is 17.2 Å². The van der Waals surface area contributed by atoms with Crippen molar-refractivity contribution in [3.8, 4) is 28.7 Å². The molecule has 4 rings (SSSR count). The Balaban J connectivity index is 1.71. The number of hydrogen-bond donors (Lipinski definition) is 1. The van der Waals surface area contributed by atoms with Crippen LogP contribution in [0.2, 0.25) is 5.02 Å². The van der Waals surface area contributed by atoms with E-state index < -0.39 is 0 Å². The maximum Gasteiger partial charge on any atom is 0.239 e. The molecule has 0 aliphatic heterocycles. The summed E-state index contributed by atoms with van der Waals surface area (Å²) in [5.74, 6) is 2.72. The largest absolute Gasteiger partial charge is 0.494 e. The number of anilines is 1. The van der Waals surface area contributed by atoms with Crippen molar-refractivity contribution in [2.24, 2.45) is 7.05 Å². The normalized spacial score (nSPS) is 12.8. The molecule has 0 spiro atoms. The monoisotopic (exact) mass is 530 g/mol. The maximum absolute atomic E-state index is 5.97. The molecule has 0 saturated heterocycles. The van der Waals surface area contributed by atoms with E-state index in [1.165, 1.54) is 11.9 Å². The highest BCUT2D eigenvalue weighted by molar-refractivity contribution is 8.01. The molecule has 0 radical (unpaired) electrons. The molecule has 36 heavy (non-hydrogen) atoms. The Morgan fingerprint density at radius 1 is 1.08 bits per heavy atom. The molecule has 0 fully saturated rings. The zero-order valence-corrected chi connectivity index (χ0v) is 22.1. The van der Waals surface area contributed by atoms with Gasteiger partial charge < -0.3 is 14.2 Å². The third-order valence-electron chi connectivity index (χ3n) is 5.23. The fourth-order valence-corrected chi connectivity index (χ4v) is 4.44. The number of aromatic nitrogens is 7. The van der Waals surface area contributed by atoms with Gasteiger partial charge in [0.25, 0.3) is 0 Å². The molecule has 0 saturated carbocycles. The molecule has 0 aliphatic rings. The van der Waals surface area contributed by atoms with Crippen LogP contribution in [0.15, 0.2) is 42.9 Å². The highest BCUT2D eigenvalue weighted by atomic mass is 35.5. The average molecular weight is 531 g/mol. The van der Waals surface area contributed by atoms with E-state index in [2.05, 4.69) is 30.0 Å². The van der Waals surface area contributed by atoms with Crippen LogP contribution < -0.4 is 14.2 Å². The van der Waals surface area contributed by atoms with Gasteiger partial charge in [0.2, 0.25) is 5.95 Å². The van der Waals surface area contributed by atoms with Crippen LogP contribution in [0.1, 0.15) is 25.8 Å². The molecule has 11 nitrogen and oxygen atoms in total. The highest BCUT2D eigenvalue weighted by Gasteiger charge is 2.27. The number of aryl methyl sites for hydroxylation is 1. The second kappa shape index (κ2) is 11.6. The van der Waals surface area contributed by atoms with E-state index in [0.29, 0.717) is 52.1 Å². The summed E-state index contributed by atoms with van der Waals surface area (Å²) >= 11 is 7.37. The molecule has 0 aliphatic carbocycles. The van der Waals surface area contributed by atoms with Gasteiger partial charge in [0.1, 0.15) is 29.0 Å². The second-order valence-corrected chi connectivity index (χ2v) is 9.25. The fourth-order valence-electron chi connectivity index (χ4n) is 3.59. The lowest BCUT2D eigenvalue weighted by Crippen LogP contribution is -2.20. The molecule has 4 aromatic rings. The number of halogens is 1. The molecule has 3 heterocycles. The number of rotatable bonds is 11. The van der Waals surface area contributed by atoms with E-state index in [9.17, 15) is 0 Å². The van der Waals surface area contributed by atoms with Gasteiger partial charge in [-0.15, -0.1) is 10.2 Å². The third-order valence-corrected chi connectivity index (χ3v) is 6.35. The Labute approximate surface area is 218 Å². The van der Waals surface area contributed by atoms with E-state index in [4.69, 9.17) is 25.8 Å². The number of ether oxygens (including phenoxy) is 3. The van der Waals surface area contributed by atoms with E-state index in [-0.39, 0.29) is 11.4 Å². The van der Waals surface area contributed by atoms with Crippen LogP contribution in [-0.2, 0) is 11.8 Å². The second-order valence-electron chi connectivity index (χ2n) is 7.63. The van der Waals surface area contributed by atoms with Crippen molar-refractivity contribution < 1.29 is 14.2 Å². The average Bonchev–Trinajstić information content (AvgIpc) is 3.51. The molecule has 13 heteroatoms. The fraction of sp³-hybridized carbons (Fsp3) is 0.348. The minimum Gasteiger partial charge on any atom is -0.494 e. The van der Waals surface area contributed by atoms with Gasteiger partial charge in [0.05, 0.1) is 24.5 Å². The molecule has 2 unspecified atom stereocenters. The van der Waals surface area contributed by atoms with Crippen molar-refractivity contribution in [3.05, 3.63) is 53.7 Å². The summed E-state index contributed by atoms with van der Waals surface area (Å²) in [6, 6.07) is 7.42. The van der Waals surface area contributed by atoms with Crippen molar-refractivity contribution >= 4 is 29.5 Å². The lowest BCUT2D eigenvalue weighted by atomic mass is 10.2. The van der Waals surface area contributed by atoms with Gasteiger partial charge in [-0.2, -0.15) is 5.10 Å². The first kappa shape index (κ1) is 25.7. The van der Waals surface area contributed by atoms with Crippen LogP contribution in [0, 0.1) is 0 Å². The van der Waals surface area contributed by atoms with Crippen molar-refractivity contribution in [1.29, 1.82) is 0 Å². The van der Waals surface area contributed by atoms with Gasteiger partial charge in [-0.1, -0.05) is 17.7 Å². The third kappa shape index (κ3) is 5.40. The summed E-state index contributed by atoms with van der Waals surface area (Å²) in [5.41, 5.74) is 1.29. The van der Waals surface area contributed by atoms with Crippen LogP contribution in [0.3, 0.4) is 0 Å². The van der Waals surface area contributed by atoms with Crippen LogP contribution in [-0.4, -0.2) is 60.6 Å². The predicted octanol–water partition coefficient (Wildman–Crippen LogP) is 4.35. The van der Waals surface area contributed by atoms with Crippen LogP contribution in [0.4, 0.5) is 5.95 Å². The van der Waals surface area contributed by atoms with Crippen molar-refractivity contribution in [3.63, 3.8) is 0 Å². The zero-order chi connectivity index (χ0) is 25.7. The maximum atomic E-state index is 5.97. The van der Waals surface area contributed by atoms with Crippen molar-refractivity contribution in [2.75, 3.05) is 25.5 Å². The molecule has 2 atom stereocenters. The van der Waals surface area contributed by atoms with E-state index >= 15 is 0 Å². The minimum atomic E-state index is -0.378. The zero-order valence-electron chi connectivity index (χ0n) is 20.5. The topological polar surface area (TPSA) is 114 Å². The summed E-state index contributed by atoms with van der Waals surface area (Å²) < 4.78 is 24.1. The molecule has 190 valence electrons. The molecule has 1 aromatic carbocycles. The summed E-state index contributed by atoms with van der Waals surface area (Å²) in [4.78, 5) is 8.69. The smallest absolute Gasteiger partial charge is 0.239 e. The Morgan fingerprint density at radius 3 is 2.36 bits per heavy atom. The van der Waals surface area contributed by atoms with Gasteiger partial charge >= 0.3 is 0 Å². The van der Waals surface area contributed by atoms with Gasteiger partial charge in [-0.05, 0) is 44.0 Å². The Kier molecular flexibility index (Phi) is 8.28. The molecule has 0 amide bonds. The lowest BCUT2D eigenvalue weighted by molar-refractivity contribution is 0.0576. The Morgan fingerprint density at radius 2 is 1.78 bits per heavy atom. The molecular weight excluding hydrogens is 504 g/mol. The Bertz CT molecular complexity index is 1270. The minimum absolute atomic E-state index is 0.103. The molecule has 1 N–H and O–H groups in total. The van der Waals surface area contributed by atoms with Crippen LogP contribution in [0.5, 0.6) is 11.5 Å². The van der Waals surface area contributed by atoms with Crippen molar-refractivity contribution in [1.82, 2.24) is 34.5 Å². The Hall–Kier alpha value is -3.35. The summed E-state index contributed by atoms with van der Waals surface area (Å²) in [5, 5.41) is 13.7. The lowest BCUT2D eigenvalue weighted by Gasteiger charge is -2.23. The SMILES string of the molecule is CCOC(c1ncc(Cl)cn1)C(C)SNc1nnc(-c2ccn(C)n2)n1-c1c(OC)cccc1OC. The first-order chi connectivity index (χ1) is 17.5. The van der Waals surface area contributed by atoms with Gasteiger partial charge in [0.15, 0.2) is 11.6 Å². The number of para-hydroxylation sites is 1. The number of nitrogens with zero attached hydrogens (tertiary/aromatic N) is 7. The number of nitrogens with one attached hydrogen (secondary N) is 1. The first-order valence-electron chi connectivity index (χ1n) is 11.1. The summed E-state index contributed by atoms with van der Waals surface area (Å²) in [7, 11) is 5.05. The number of benzene rings is 1. The molecule has 0 bridgehead atoms. The van der Waals surface area contributed by atoms with E-state index in [1.54, 1.807) is 31.3 Å². The standard InChI is InChI=1S/C23H27ClN8O3S/c1-6-35-20(21-25-12-15(24)13-26-21)14(2)36-30-23-28-27-22(16-10-11-31(3)29-16)32(23)19-17(33-4)8-7-9-18(19)34-5/h7-14,20H,6H2,1-5H3,(H,28,30). The van der Waals surface area contributed by atoms with Crippen LogP contribution >= 0.6 is 23.5 Å². The number of hydrogen-bond acceptors (Lipinski definition) is 10. The molecule has 3 aromatic heterocycles. The van der Waals surface area contributed by atoms with E-state index in [1.807, 2.05) is 55.9 Å². The molecular formula is C23H27ClN8O3S.